The van der Waals surface area contributed by atoms with Gasteiger partial charge in [-0.25, -0.2) is 9.97 Å². The predicted molar refractivity (Wildman–Crippen MR) is 50.8 cm³/mol. The molecule has 0 aliphatic rings. The second-order valence-electron chi connectivity index (χ2n) is 2.60. The number of halogens is 1. The fourth-order valence-electron chi connectivity index (χ4n) is 0.799. The molecule has 0 amide bonds. The summed E-state index contributed by atoms with van der Waals surface area (Å²) in [6, 6.07) is 0. The average Bonchev–Trinajstić information content (AvgIpc) is 2.04. The Kier molecular flexibility index (Phi) is 3.30. The van der Waals surface area contributed by atoms with Crippen molar-refractivity contribution in [2.45, 2.75) is 18.2 Å². The van der Waals surface area contributed by atoms with E-state index in [4.69, 9.17) is 0 Å². The standard InChI is InChI=1S/C7H8BrN3O2/c1-5(8)2-7-9-3-6(4-10-7)11(12)13/h3-5H,2H2,1H3. The first-order chi connectivity index (χ1) is 6.09. The summed E-state index contributed by atoms with van der Waals surface area (Å²) >= 11 is 3.34. The van der Waals surface area contributed by atoms with E-state index in [1.807, 2.05) is 6.92 Å². The molecule has 1 atom stereocenters. The van der Waals surface area contributed by atoms with Crippen LogP contribution in [0.25, 0.3) is 0 Å². The van der Waals surface area contributed by atoms with Crippen molar-refractivity contribution >= 4 is 21.6 Å². The maximum Gasteiger partial charge on any atom is 0.305 e. The molecule has 5 nitrogen and oxygen atoms in total. The summed E-state index contributed by atoms with van der Waals surface area (Å²) < 4.78 is 0. The van der Waals surface area contributed by atoms with Crippen molar-refractivity contribution in [2.24, 2.45) is 0 Å². The molecular weight excluding hydrogens is 238 g/mol. The summed E-state index contributed by atoms with van der Waals surface area (Å²) in [6.07, 6.45) is 3.10. The summed E-state index contributed by atoms with van der Waals surface area (Å²) in [5.41, 5.74) is -0.0778. The Morgan fingerprint density at radius 3 is 2.54 bits per heavy atom. The smallest absolute Gasteiger partial charge is 0.258 e. The van der Waals surface area contributed by atoms with Crippen molar-refractivity contribution in [1.29, 1.82) is 0 Å². The second kappa shape index (κ2) is 4.27. The van der Waals surface area contributed by atoms with Crippen LogP contribution in [0.5, 0.6) is 0 Å². The van der Waals surface area contributed by atoms with E-state index in [1.54, 1.807) is 0 Å². The summed E-state index contributed by atoms with van der Waals surface area (Å²) in [6.45, 7) is 1.96. The lowest BCUT2D eigenvalue weighted by Crippen LogP contribution is -2.02. The highest BCUT2D eigenvalue weighted by Crippen LogP contribution is 2.09. The minimum atomic E-state index is -0.513. The van der Waals surface area contributed by atoms with E-state index < -0.39 is 4.92 Å². The zero-order valence-corrected chi connectivity index (χ0v) is 8.56. The molecule has 13 heavy (non-hydrogen) atoms. The van der Waals surface area contributed by atoms with Crippen LogP contribution in [0.15, 0.2) is 12.4 Å². The average molecular weight is 246 g/mol. The maximum absolute atomic E-state index is 10.3. The topological polar surface area (TPSA) is 68.9 Å². The van der Waals surface area contributed by atoms with E-state index >= 15 is 0 Å². The third-order valence-corrected chi connectivity index (χ3v) is 1.69. The van der Waals surface area contributed by atoms with Crippen LogP contribution in [0.2, 0.25) is 0 Å². The van der Waals surface area contributed by atoms with Gasteiger partial charge in [-0.05, 0) is 0 Å². The van der Waals surface area contributed by atoms with Gasteiger partial charge in [-0.3, -0.25) is 10.1 Å². The van der Waals surface area contributed by atoms with E-state index in [9.17, 15) is 10.1 Å². The molecule has 1 aromatic rings. The molecule has 0 bridgehead atoms. The molecule has 0 saturated carbocycles. The first kappa shape index (κ1) is 10.0. The Bertz CT molecular complexity index is 299. The van der Waals surface area contributed by atoms with Gasteiger partial charge in [0.1, 0.15) is 18.2 Å². The minimum absolute atomic E-state index is 0.0778. The number of nitrogens with zero attached hydrogens (tertiary/aromatic N) is 3. The number of alkyl halides is 1. The van der Waals surface area contributed by atoms with Crippen LogP contribution < -0.4 is 0 Å². The van der Waals surface area contributed by atoms with Gasteiger partial charge in [-0.1, -0.05) is 22.9 Å². The summed E-state index contributed by atoms with van der Waals surface area (Å²) in [4.78, 5) is 17.7. The van der Waals surface area contributed by atoms with Crippen molar-refractivity contribution in [2.75, 3.05) is 0 Å². The zero-order valence-electron chi connectivity index (χ0n) is 6.98. The van der Waals surface area contributed by atoms with Crippen molar-refractivity contribution < 1.29 is 4.92 Å². The highest BCUT2D eigenvalue weighted by atomic mass is 79.9. The van der Waals surface area contributed by atoms with Crippen LogP contribution in [-0.2, 0) is 6.42 Å². The fraction of sp³-hybridized carbons (Fsp3) is 0.429. The minimum Gasteiger partial charge on any atom is -0.258 e. The molecule has 0 aliphatic heterocycles. The Labute approximate surface area is 83.5 Å². The van der Waals surface area contributed by atoms with Gasteiger partial charge in [0.2, 0.25) is 0 Å². The van der Waals surface area contributed by atoms with E-state index in [0.717, 1.165) is 0 Å². The van der Waals surface area contributed by atoms with Crippen LogP contribution in [0.4, 0.5) is 5.69 Å². The van der Waals surface area contributed by atoms with Crippen molar-refractivity contribution in [1.82, 2.24) is 9.97 Å². The van der Waals surface area contributed by atoms with Crippen molar-refractivity contribution in [3.8, 4) is 0 Å². The van der Waals surface area contributed by atoms with Gasteiger partial charge in [0.15, 0.2) is 0 Å². The number of hydrogen-bond acceptors (Lipinski definition) is 4. The summed E-state index contributed by atoms with van der Waals surface area (Å²) in [5.74, 6) is 0.606. The third-order valence-electron chi connectivity index (χ3n) is 1.37. The lowest BCUT2D eigenvalue weighted by Gasteiger charge is -1.99. The Hall–Kier alpha value is -1.04. The molecule has 0 saturated heterocycles. The van der Waals surface area contributed by atoms with Crippen LogP contribution in [0, 0.1) is 10.1 Å². The van der Waals surface area contributed by atoms with Crippen molar-refractivity contribution in [3.63, 3.8) is 0 Å². The second-order valence-corrected chi connectivity index (χ2v) is 4.16. The normalized spacial score (nSPS) is 12.5. The molecule has 0 radical (unpaired) electrons. The van der Waals surface area contributed by atoms with Gasteiger partial charge in [0.25, 0.3) is 0 Å². The summed E-state index contributed by atoms with van der Waals surface area (Å²) in [5, 5.41) is 10.3. The van der Waals surface area contributed by atoms with Crippen LogP contribution in [0.1, 0.15) is 12.7 Å². The molecule has 1 unspecified atom stereocenters. The lowest BCUT2D eigenvalue weighted by molar-refractivity contribution is -0.385. The first-order valence-corrected chi connectivity index (χ1v) is 4.60. The van der Waals surface area contributed by atoms with Gasteiger partial charge in [0, 0.05) is 11.2 Å². The van der Waals surface area contributed by atoms with Gasteiger partial charge in [-0.15, -0.1) is 0 Å². The monoisotopic (exact) mass is 245 g/mol. The molecule has 0 aliphatic carbocycles. The van der Waals surface area contributed by atoms with E-state index in [2.05, 4.69) is 25.9 Å². The largest absolute Gasteiger partial charge is 0.305 e. The molecule has 6 heteroatoms. The quantitative estimate of drug-likeness (QED) is 0.462. The highest BCUT2D eigenvalue weighted by molar-refractivity contribution is 9.09. The third kappa shape index (κ3) is 3.06. The van der Waals surface area contributed by atoms with E-state index in [1.165, 1.54) is 12.4 Å². The summed E-state index contributed by atoms with van der Waals surface area (Å²) in [7, 11) is 0. The van der Waals surface area contributed by atoms with E-state index in [0.29, 0.717) is 12.2 Å². The lowest BCUT2D eigenvalue weighted by atomic mass is 10.3. The van der Waals surface area contributed by atoms with Gasteiger partial charge in [0.05, 0.1) is 4.92 Å². The van der Waals surface area contributed by atoms with Gasteiger partial charge >= 0.3 is 5.69 Å². The number of nitro groups is 1. The molecular formula is C7H8BrN3O2. The molecule has 1 aromatic heterocycles. The highest BCUT2D eigenvalue weighted by Gasteiger charge is 2.07. The molecule has 0 N–H and O–H groups in total. The Morgan fingerprint density at radius 1 is 1.62 bits per heavy atom. The molecule has 0 spiro atoms. The SMILES string of the molecule is CC(Br)Cc1ncc([N+](=O)[O-])cn1. The van der Waals surface area contributed by atoms with Crippen LogP contribution >= 0.6 is 15.9 Å². The molecule has 0 aromatic carbocycles. The maximum atomic E-state index is 10.3. The zero-order chi connectivity index (χ0) is 9.84. The number of rotatable bonds is 3. The molecule has 70 valence electrons. The molecule has 1 rings (SSSR count). The number of aromatic nitrogens is 2. The van der Waals surface area contributed by atoms with Gasteiger partial charge in [-0.2, -0.15) is 0 Å². The molecule has 0 fully saturated rings. The van der Waals surface area contributed by atoms with Crippen LogP contribution in [-0.4, -0.2) is 19.7 Å². The van der Waals surface area contributed by atoms with Gasteiger partial charge < -0.3 is 0 Å². The van der Waals surface area contributed by atoms with Crippen LogP contribution in [0.3, 0.4) is 0 Å². The van der Waals surface area contributed by atoms with Crippen molar-refractivity contribution in [3.05, 3.63) is 28.3 Å². The first-order valence-electron chi connectivity index (χ1n) is 3.69. The Morgan fingerprint density at radius 2 is 2.15 bits per heavy atom. The fourth-order valence-corrected chi connectivity index (χ4v) is 1.09. The Balaban J connectivity index is 2.75. The number of hydrogen-bond donors (Lipinski definition) is 0. The van der Waals surface area contributed by atoms with E-state index in [-0.39, 0.29) is 10.5 Å². The molecule has 1 heterocycles. The predicted octanol–water partition coefficient (Wildman–Crippen LogP) is 1.71.